The Labute approximate surface area is 150 Å². The predicted octanol–water partition coefficient (Wildman–Crippen LogP) is 3.16. The van der Waals surface area contributed by atoms with E-state index in [4.69, 9.17) is 5.21 Å². The number of fused-ring (bicyclic) bond motifs is 1. The minimum atomic E-state index is -3.71. The molecule has 6 nitrogen and oxygen atoms in total. The first-order chi connectivity index (χ1) is 12.5. The maximum atomic E-state index is 12.6. The van der Waals surface area contributed by atoms with Crippen molar-refractivity contribution in [3.8, 4) is 0 Å². The molecule has 0 radical (unpaired) electrons. The van der Waals surface area contributed by atoms with Crippen LogP contribution in [0.2, 0.25) is 0 Å². The van der Waals surface area contributed by atoms with Gasteiger partial charge < -0.3 is 0 Å². The molecular formula is C19H16N2O4S. The summed E-state index contributed by atoms with van der Waals surface area (Å²) in [7, 11) is -3.71. The Morgan fingerprint density at radius 2 is 1.62 bits per heavy atom. The van der Waals surface area contributed by atoms with E-state index in [1.807, 2.05) is 24.3 Å². The highest BCUT2D eigenvalue weighted by Crippen LogP contribution is 2.21. The van der Waals surface area contributed by atoms with Crippen LogP contribution in [-0.4, -0.2) is 19.5 Å². The van der Waals surface area contributed by atoms with Crippen molar-refractivity contribution in [3.63, 3.8) is 0 Å². The lowest BCUT2D eigenvalue weighted by molar-refractivity contribution is -0.124. The van der Waals surface area contributed by atoms with E-state index < -0.39 is 15.9 Å². The molecule has 3 aromatic rings. The molecule has 132 valence electrons. The number of anilines is 1. The molecule has 0 heterocycles. The van der Waals surface area contributed by atoms with Crippen LogP contribution in [0, 0.1) is 0 Å². The van der Waals surface area contributed by atoms with Gasteiger partial charge in [-0.2, -0.15) is 0 Å². The summed E-state index contributed by atoms with van der Waals surface area (Å²) >= 11 is 0. The first kappa shape index (κ1) is 17.7. The zero-order valence-electron chi connectivity index (χ0n) is 13.6. The molecule has 0 spiro atoms. The van der Waals surface area contributed by atoms with Gasteiger partial charge in [0.05, 0.1) is 4.90 Å². The van der Waals surface area contributed by atoms with Crippen LogP contribution >= 0.6 is 0 Å². The van der Waals surface area contributed by atoms with E-state index in [0.29, 0.717) is 11.3 Å². The number of nitrogens with one attached hydrogen (secondary N) is 2. The van der Waals surface area contributed by atoms with Gasteiger partial charge in [-0.3, -0.25) is 14.7 Å². The number of hydroxylamine groups is 1. The zero-order chi connectivity index (χ0) is 18.6. The standard InChI is InChI=1S/C19H16N2O4S/c22-19(20-23)12-7-14-5-9-17(10-6-14)21-26(24,25)18-11-8-15-3-1-2-4-16(15)13-18/h1-13,21,23H,(H,20,22). The lowest BCUT2D eigenvalue weighted by Crippen LogP contribution is -2.14. The third-order valence-corrected chi connectivity index (χ3v) is 5.11. The number of rotatable bonds is 5. The Morgan fingerprint density at radius 3 is 2.31 bits per heavy atom. The Morgan fingerprint density at radius 1 is 0.923 bits per heavy atom. The van der Waals surface area contributed by atoms with Gasteiger partial charge in [0.15, 0.2) is 0 Å². The molecular weight excluding hydrogens is 352 g/mol. The lowest BCUT2D eigenvalue weighted by Gasteiger charge is -2.09. The summed E-state index contributed by atoms with van der Waals surface area (Å²) in [5.74, 6) is -0.647. The molecule has 0 aliphatic carbocycles. The van der Waals surface area contributed by atoms with Gasteiger partial charge in [-0.1, -0.05) is 42.5 Å². The van der Waals surface area contributed by atoms with Gasteiger partial charge in [0, 0.05) is 11.8 Å². The van der Waals surface area contributed by atoms with Crippen LogP contribution in [0.3, 0.4) is 0 Å². The van der Waals surface area contributed by atoms with E-state index in [1.54, 1.807) is 42.5 Å². The van der Waals surface area contributed by atoms with Crippen molar-refractivity contribution in [1.29, 1.82) is 0 Å². The van der Waals surface area contributed by atoms with Crippen molar-refractivity contribution in [2.24, 2.45) is 0 Å². The third kappa shape index (κ3) is 4.08. The van der Waals surface area contributed by atoms with Gasteiger partial charge in [0.1, 0.15) is 0 Å². The van der Waals surface area contributed by atoms with Crippen LogP contribution < -0.4 is 10.2 Å². The molecule has 3 aromatic carbocycles. The highest BCUT2D eigenvalue weighted by Gasteiger charge is 2.14. The second-order valence-electron chi connectivity index (χ2n) is 5.55. The Kier molecular flexibility index (Phi) is 5.01. The topological polar surface area (TPSA) is 95.5 Å². The number of amides is 1. The molecule has 3 N–H and O–H groups in total. The number of hydrogen-bond donors (Lipinski definition) is 3. The summed E-state index contributed by atoms with van der Waals surface area (Å²) in [5.41, 5.74) is 2.58. The fraction of sp³-hybridized carbons (Fsp3) is 0. The molecule has 3 rings (SSSR count). The molecule has 0 aromatic heterocycles. The summed E-state index contributed by atoms with van der Waals surface area (Å²) in [4.78, 5) is 11.1. The van der Waals surface area contributed by atoms with E-state index >= 15 is 0 Å². The van der Waals surface area contributed by atoms with Crippen LogP contribution in [-0.2, 0) is 14.8 Å². The quantitative estimate of drug-likeness (QED) is 0.366. The van der Waals surface area contributed by atoms with Crippen LogP contribution in [0.4, 0.5) is 5.69 Å². The Hall–Kier alpha value is -3.16. The first-order valence-corrected chi connectivity index (χ1v) is 9.20. The number of sulfonamides is 1. The largest absolute Gasteiger partial charge is 0.288 e. The van der Waals surface area contributed by atoms with Crippen molar-refractivity contribution in [2.45, 2.75) is 4.90 Å². The second-order valence-corrected chi connectivity index (χ2v) is 7.23. The highest BCUT2D eigenvalue weighted by molar-refractivity contribution is 7.92. The summed E-state index contributed by atoms with van der Waals surface area (Å²) in [6.45, 7) is 0. The summed E-state index contributed by atoms with van der Waals surface area (Å²) in [6, 6.07) is 19.0. The van der Waals surface area contributed by atoms with Crippen LogP contribution in [0.1, 0.15) is 5.56 Å². The SMILES string of the molecule is O=C(C=Cc1ccc(NS(=O)(=O)c2ccc3ccccc3c2)cc1)NO. The van der Waals surface area contributed by atoms with Gasteiger partial charge in [-0.25, -0.2) is 13.9 Å². The van der Waals surface area contributed by atoms with Gasteiger partial charge in [0.2, 0.25) is 0 Å². The van der Waals surface area contributed by atoms with Crippen molar-refractivity contribution in [2.75, 3.05) is 4.72 Å². The smallest absolute Gasteiger partial charge is 0.267 e. The fourth-order valence-electron chi connectivity index (χ4n) is 2.42. The predicted molar refractivity (Wildman–Crippen MR) is 100 cm³/mol. The number of hydrogen-bond acceptors (Lipinski definition) is 4. The molecule has 0 saturated carbocycles. The van der Waals surface area contributed by atoms with E-state index in [1.165, 1.54) is 11.6 Å². The van der Waals surface area contributed by atoms with Crippen molar-refractivity contribution in [3.05, 3.63) is 78.4 Å². The van der Waals surface area contributed by atoms with Crippen LogP contribution in [0.25, 0.3) is 16.8 Å². The highest BCUT2D eigenvalue weighted by atomic mass is 32.2. The minimum Gasteiger partial charge on any atom is -0.288 e. The fourth-order valence-corrected chi connectivity index (χ4v) is 3.51. The van der Waals surface area contributed by atoms with Crippen LogP contribution in [0.5, 0.6) is 0 Å². The Balaban J connectivity index is 1.80. The van der Waals surface area contributed by atoms with E-state index in [-0.39, 0.29) is 4.90 Å². The number of carbonyl (C=O) groups excluding carboxylic acids is 1. The Bertz CT molecular complexity index is 1070. The number of benzene rings is 3. The monoisotopic (exact) mass is 368 g/mol. The van der Waals surface area contributed by atoms with Crippen LogP contribution in [0.15, 0.2) is 77.7 Å². The van der Waals surface area contributed by atoms with Crippen molar-refractivity contribution >= 4 is 38.5 Å². The first-order valence-electron chi connectivity index (χ1n) is 7.72. The average Bonchev–Trinajstić information content (AvgIpc) is 2.66. The lowest BCUT2D eigenvalue weighted by atomic mass is 10.1. The molecule has 26 heavy (non-hydrogen) atoms. The molecule has 1 amide bonds. The summed E-state index contributed by atoms with van der Waals surface area (Å²) in [6.07, 6.45) is 2.65. The van der Waals surface area contributed by atoms with Gasteiger partial charge in [-0.15, -0.1) is 0 Å². The molecule has 7 heteroatoms. The minimum absolute atomic E-state index is 0.180. The zero-order valence-corrected chi connectivity index (χ0v) is 14.4. The van der Waals surface area contributed by atoms with Gasteiger partial charge in [0.25, 0.3) is 15.9 Å². The van der Waals surface area contributed by atoms with E-state index in [0.717, 1.165) is 16.8 Å². The molecule has 0 bridgehead atoms. The maximum Gasteiger partial charge on any atom is 0.267 e. The molecule has 0 aliphatic rings. The van der Waals surface area contributed by atoms with Gasteiger partial charge >= 0.3 is 0 Å². The summed E-state index contributed by atoms with van der Waals surface area (Å²) < 4.78 is 27.7. The average molecular weight is 368 g/mol. The maximum absolute atomic E-state index is 12.6. The summed E-state index contributed by atoms with van der Waals surface area (Å²) in [5, 5.41) is 10.2. The normalized spacial score (nSPS) is 11.6. The van der Waals surface area contributed by atoms with Crippen molar-refractivity contribution in [1.82, 2.24) is 5.48 Å². The molecule has 0 atom stereocenters. The molecule has 0 aliphatic heterocycles. The third-order valence-electron chi connectivity index (χ3n) is 3.73. The molecule has 0 unspecified atom stereocenters. The number of carbonyl (C=O) groups is 1. The second kappa shape index (κ2) is 7.38. The van der Waals surface area contributed by atoms with Gasteiger partial charge in [-0.05, 0) is 46.7 Å². The molecule has 0 saturated heterocycles. The van der Waals surface area contributed by atoms with Crippen molar-refractivity contribution < 1.29 is 18.4 Å². The van der Waals surface area contributed by atoms with E-state index in [9.17, 15) is 13.2 Å². The molecule has 0 fully saturated rings. The van der Waals surface area contributed by atoms with E-state index in [2.05, 4.69) is 4.72 Å².